The Morgan fingerprint density at radius 3 is 2.41 bits per heavy atom. The fraction of sp³-hybridized carbons (Fsp3) is 0.174. The van der Waals surface area contributed by atoms with Crippen LogP contribution < -0.4 is 10.2 Å². The van der Waals surface area contributed by atoms with Crippen LogP contribution >= 0.6 is 0 Å². The Balaban J connectivity index is 1.57. The van der Waals surface area contributed by atoms with Gasteiger partial charge in [-0.25, -0.2) is 10.2 Å². The van der Waals surface area contributed by atoms with E-state index >= 15 is 0 Å². The fourth-order valence-corrected chi connectivity index (χ4v) is 3.39. The van der Waals surface area contributed by atoms with Crippen LogP contribution in [0.5, 0.6) is 5.75 Å². The maximum atomic E-state index is 12.6. The first kappa shape index (κ1) is 18.7. The van der Waals surface area contributed by atoms with E-state index in [2.05, 4.69) is 10.5 Å². The summed E-state index contributed by atoms with van der Waals surface area (Å²) in [5.41, 5.74) is 5.30. The zero-order valence-electron chi connectivity index (χ0n) is 16.0. The number of fused-ring (bicyclic) bond motifs is 1. The summed E-state index contributed by atoms with van der Waals surface area (Å²) in [5.74, 6) is 0.491. The van der Waals surface area contributed by atoms with E-state index in [9.17, 15) is 9.59 Å². The van der Waals surface area contributed by atoms with Crippen LogP contribution in [-0.2, 0) is 6.42 Å². The number of hydrogen-bond donors (Lipinski definition) is 1. The highest BCUT2D eigenvalue weighted by atomic mass is 16.5. The molecule has 1 heterocycles. The van der Waals surface area contributed by atoms with Crippen molar-refractivity contribution in [3.8, 4) is 5.75 Å². The van der Waals surface area contributed by atoms with E-state index in [4.69, 9.17) is 9.15 Å². The summed E-state index contributed by atoms with van der Waals surface area (Å²) in [7, 11) is 0. The van der Waals surface area contributed by atoms with Gasteiger partial charge in [0.15, 0.2) is 0 Å². The number of nitrogens with zero attached hydrogens (tertiary/aromatic N) is 1. The molecule has 3 aromatic rings. The molecule has 1 aromatic heterocycles. The summed E-state index contributed by atoms with van der Waals surface area (Å²) in [6, 6.07) is 17.7. The van der Waals surface area contributed by atoms with E-state index in [0.29, 0.717) is 41.2 Å². The molecule has 0 bridgehead atoms. The van der Waals surface area contributed by atoms with Gasteiger partial charge in [-0.15, -0.1) is 0 Å². The number of benzene rings is 2. The van der Waals surface area contributed by atoms with Crippen molar-refractivity contribution in [1.82, 2.24) is 5.43 Å². The van der Waals surface area contributed by atoms with Crippen molar-refractivity contribution in [2.75, 3.05) is 0 Å². The number of furan rings is 1. The maximum Gasteiger partial charge on any atom is 0.379 e. The number of amides is 1. The average Bonchev–Trinajstić information content (AvgIpc) is 3.10. The maximum absolute atomic E-state index is 12.6. The van der Waals surface area contributed by atoms with Gasteiger partial charge < -0.3 is 9.15 Å². The molecule has 6 nitrogen and oxygen atoms in total. The topological polar surface area (TPSA) is 80.9 Å². The minimum atomic E-state index is -0.546. The predicted octanol–water partition coefficient (Wildman–Crippen LogP) is 4.28. The number of hydrazone groups is 1. The molecule has 1 amide bonds. The third-order valence-corrected chi connectivity index (χ3v) is 4.79. The lowest BCUT2D eigenvalue weighted by Gasteiger charge is -2.13. The molecule has 0 spiro atoms. The molecule has 0 saturated heterocycles. The quantitative estimate of drug-likeness (QED) is 0.411. The van der Waals surface area contributed by atoms with Gasteiger partial charge in [0.05, 0.1) is 5.71 Å². The fourth-order valence-electron chi connectivity index (χ4n) is 3.39. The zero-order valence-corrected chi connectivity index (χ0v) is 16.0. The zero-order chi connectivity index (χ0) is 20.2. The summed E-state index contributed by atoms with van der Waals surface area (Å²) in [4.78, 5) is 24.9. The molecule has 2 aromatic carbocycles. The molecule has 146 valence electrons. The van der Waals surface area contributed by atoms with Crippen molar-refractivity contribution in [1.29, 1.82) is 0 Å². The Kier molecular flexibility index (Phi) is 5.24. The molecule has 1 N–H and O–H groups in total. The number of rotatable bonds is 4. The van der Waals surface area contributed by atoms with Crippen molar-refractivity contribution in [2.45, 2.75) is 26.2 Å². The van der Waals surface area contributed by atoms with Gasteiger partial charge in [-0.2, -0.15) is 5.10 Å². The van der Waals surface area contributed by atoms with Gasteiger partial charge in [0.2, 0.25) is 5.76 Å². The van der Waals surface area contributed by atoms with Crippen LogP contribution in [0.25, 0.3) is 0 Å². The van der Waals surface area contributed by atoms with Crippen LogP contribution in [0.3, 0.4) is 0 Å². The van der Waals surface area contributed by atoms with E-state index in [1.165, 1.54) is 0 Å². The highest BCUT2D eigenvalue weighted by molar-refractivity contribution is 6.06. The Bertz CT molecular complexity index is 1070. The Hall–Kier alpha value is -3.67. The second-order valence-corrected chi connectivity index (χ2v) is 6.78. The molecule has 4 rings (SSSR count). The van der Waals surface area contributed by atoms with Crippen LogP contribution in [0, 0.1) is 6.92 Å². The molecule has 0 unspecified atom stereocenters. The predicted molar refractivity (Wildman–Crippen MR) is 108 cm³/mol. The summed E-state index contributed by atoms with van der Waals surface area (Å²) in [6.07, 6.45) is 2.23. The molecule has 1 aliphatic carbocycles. The minimum absolute atomic E-state index is 0.169. The lowest BCUT2D eigenvalue weighted by molar-refractivity contribution is 0.0698. The molecule has 6 heteroatoms. The largest absolute Gasteiger partial charge is 0.453 e. The van der Waals surface area contributed by atoms with Crippen molar-refractivity contribution >= 4 is 17.6 Å². The van der Waals surface area contributed by atoms with Crippen molar-refractivity contribution in [2.24, 2.45) is 5.10 Å². The molecule has 29 heavy (non-hydrogen) atoms. The van der Waals surface area contributed by atoms with E-state index in [1.807, 2.05) is 19.1 Å². The molecule has 0 aliphatic heterocycles. The Morgan fingerprint density at radius 1 is 1.00 bits per heavy atom. The van der Waals surface area contributed by atoms with E-state index in [-0.39, 0.29) is 11.7 Å². The van der Waals surface area contributed by atoms with Gasteiger partial charge in [-0.3, -0.25) is 4.79 Å². The van der Waals surface area contributed by atoms with Crippen LogP contribution in [0.2, 0.25) is 0 Å². The highest BCUT2D eigenvalue weighted by Gasteiger charge is 2.29. The first-order valence-corrected chi connectivity index (χ1v) is 9.45. The first-order chi connectivity index (χ1) is 14.1. The standard InChI is InChI=1S/C23H20N2O4/c1-15-20-18(24-25-22(26)16-9-4-2-5-10-16)13-8-14-19(20)29-21(15)23(27)28-17-11-6-3-7-12-17/h2-7,9-12H,8,13-14H2,1H3,(H,25,26)/b24-18+. The second-order valence-electron chi connectivity index (χ2n) is 6.78. The van der Waals surface area contributed by atoms with Gasteiger partial charge in [-0.05, 0) is 44.0 Å². The number of para-hydroxylation sites is 1. The molecule has 1 aliphatic rings. The lowest BCUT2D eigenvalue weighted by Crippen LogP contribution is -2.22. The van der Waals surface area contributed by atoms with Crippen LogP contribution in [0.15, 0.2) is 70.2 Å². The number of carbonyl (C=O) groups excluding carboxylic acids is 2. The van der Waals surface area contributed by atoms with Crippen molar-refractivity contribution in [3.05, 3.63) is 88.9 Å². The van der Waals surface area contributed by atoms with Crippen molar-refractivity contribution < 1.29 is 18.7 Å². The molecule has 0 saturated carbocycles. The number of hydrogen-bond acceptors (Lipinski definition) is 5. The lowest BCUT2D eigenvalue weighted by atomic mass is 9.93. The van der Waals surface area contributed by atoms with Crippen LogP contribution in [-0.4, -0.2) is 17.6 Å². The minimum Gasteiger partial charge on any atom is -0.453 e. The van der Waals surface area contributed by atoms with Crippen molar-refractivity contribution in [3.63, 3.8) is 0 Å². The third-order valence-electron chi connectivity index (χ3n) is 4.79. The summed E-state index contributed by atoms with van der Waals surface area (Å²) in [6.45, 7) is 1.81. The number of aryl methyl sites for hydroxylation is 1. The number of esters is 1. The molecular weight excluding hydrogens is 368 g/mol. The van der Waals surface area contributed by atoms with Gasteiger partial charge >= 0.3 is 5.97 Å². The average molecular weight is 388 g/mol. The molecular formula is C23H20N2O4. The Morgan fingerprint density at radius 2 is 1.69 bits per heavy atom. The number of ether oxygens (including phenoxy) is 1. The summed E-state index contributed by atoms with van der Waals surface area (Å²) in [5, 5.41) is 4.32. The normalized spacial score (nSPS) is 14.3. The van der Waals surface area contributed by atoms with Gasteiger partial charge in [0.25, 0.3) is 5.91 Å². The van der Waals surface area contributed by atoms with Crippen LogP contribution in [0.1, 0.15) is 50.6 Å². The molecule has 0 radical (unpaired) electrons. The summed E-state index contributed by atoms with van der Waals surface area (Å²) < 4.78 is 11.2. The smallest absolute Gasteiger partial charge is 0.379 e. The number of nitrogens with one attached hydrogen (secondary N) is 1. The van der Waals surface area contributed by atoms with E-state index in [0.717, 1.165) is 12.0 Å². The van der Waals surface area contributed by atoms with Gasteiger partial charge in [0, 0.05) is 23.1 Å². The highest BCUT2D eigenvalue weighted by Crippen LogP contribution is 2.30. The van der Waals surface area contributed by atoms with Crippen LogP contribution in [0.4, 0.5) is 0 Å². The van der Waals surface area contributed by atoms with Gasteiger partial charge in [0.1, 0.15) is 11.5 Å². The van der Waals surface area contributed by atoms with E-state index in [1.54, 1.807) is 48.5 Å². The molecule has 0 fully saturated rings. The SMILES string of the molecule is Cc1c(C(=O)Oc2ccccc2)oc2c1/C(=N/NC(=O)c1ccccc1)CCC2. The first-order valence-electron chi connectivity index (χ1n) is 9.45. The van der Waals surface area contributed by atoms with Gasteiger partial charge in [-0.1, -0.05) is 36.4 Å². The summed E-state index contributed by atoms with van der Waals surface area (Å²) >= 11 is 0. The number of carbonyl (C=O) groups is 2. The second kappa shape index (κ2) is 8.14. The molecule has 0 atom stereocenters. The monoisotopic (exact) mass is 388 g/mol. The Labute approximate surface area is 168 Å². The van der Waals surface area contributed by atoms with E-state index < -0.39 is 5.97 Å². The third kappa shape index (κ3) is 3.96.